The Morgan fingerprint density at radius 3 is 2.44 bits per heavy atom. The predicted octanol–water partition coefficient (Wildman–Crippen LogP) is 0.248. The molecule has 94 valence electrons. The van der Waals surface area contributed by atoms with Gasteiger partial charge in [0.05, 0.1) is 5.41 Å². The Morgan fingerprint density at radius 1 is 1.44 bits per heavy atom. The molecule has 4 N–H and O–H groups in total. The molecule has 1 aliphatic rings. The molecule has 1 rings (SSSR count). The Labute approximate surface area is 93.2 Å². The fourth-order valence-electron chi connectivity index (χ4n) is 2.05. The van der Waals surface area contributed by atoms with Crippen molar-refractivity contribution in [3.05, 3.63) is 0 Å². The lowest BCUT2D eigenvalue weighted by Gasteiger charge is -2.26. The number of halogens is 2. The Morgan fingerprint density at radius 2 is 2.00 bits per heavy atom. The number of carbonyl (C=O) groups excluding carboxylic acids is 1. The highest BCUT2D eigenvalue weighted by Gasteiger charge is 2.39. The van der Waals surface area contributed by atoms with E-state index in [4.69, 9.17) is 10.8 Å². The average molecular weight is 236 g/mol. The molecular weight excluding hydrogens is 218 g/mol. The number of hydrogen-bond acceptors (Lipinski definition) is 3. The maximum Gasteiger partial charge on any atom is 0.265 e. The first-order valence-corrected chi connectivity index (χ1v) is 5.46. The molecule has 0 aliphatic heterocycles. The van der Waals surface area contributed by atoms with E-state index in [1.807, 2.05) is 0 Å². The molecule has 0 aromatic heterocycles. The van der Waals surface area contributed by atoms with Crippen LogP contribution in [0.3, 0.4) is 0 Å². The summed E-state index contributed by atoms with van der Waals surface area (Å²) in [6.45, 7) is -0.193. The fourth-order valence-corrected chi connectivity index (χ4v) is 2.05. The zero-order valence-corrected chi connectivity index (χ0v) is 9.09. The molecule has 0 heterocycles. The minimum absolute atomic E-state index is 0.226. The van der Waals surface area contributed by atoms with Crippen molar-refractivity contribution in [3.8, 4) is 0 Å². The van der Waals surface area contributed by atoms with Crippen LogP contribution in [-0.2, 0) is 4.79 Å². The van der Waals surface area contributed by atoms with Crippen LogP contribution in [0.1, 0.15) is 25.7 Å². The number of nitrogens with one attached hydrogen (secondary N) is 1. The third-order valence-electron chi connectivity index (χ3n) is 3.20. The van der Waals surface area contributed by atoms with E-state index in [1.54, 1.807) is 0 Å². The van der Waals surface area contributed by atoms with Crippen LogP contribution in [-0.4, -0.2) is 36.6 Å². The number of nitrogens with two attached hydrogens (primary N) is 1. The van der Waals surface area contributed by atoms with Crippen molar-refractivity contribution in [2.24, 2.45) is 11.1 Å². The summed E-state index contributed by atoms with van der Waals surface area (Å²) in [5.74, 6) is -0.313. The van der Waals surface area contributed by atoms with Crippen molar-refractivity contribution in [1.82, 2.24) is 5.32 Å². The first-order valence-electron chi connectivity index (χ1n) is 5.46. The van der Waals surface area contributed by atoms with Gasteiger partial charge in [-0.05, 0) is 12.8 Å². The number of rotatable bonds is 5. The largest absolute Gasteiger partial charge is 0.385 e. The highest BCUT2D eigenvalue weighted by molar-refractivity contribution is 5.83. The molecule has 0 spiro atoms. The monoisotopic (exact) mass is 236 g/mol. The van der Waals surface area contributed by atoms with E-state index in [9.17, 15) is 13.6 Å². The Bertz CT molecular complexity index is 243. The van der Waals surface area contributed by atoms with Gasteiger partial charge >= 0.3 is 0 Å². The first-order chi connectivity index (χ1) is 7.52. The van der Waals surface area contributed by atoms with E-state index < -0.39 is 24.5 Å². The smallest absolute Gasteiger partial charge is 0.265 e. The summed E-state index contributed by atoms with van der Waals surface area (Å²) >= 11 is 0. The second-order valence-electron chi connectivity index (χ2n) is 4.30. The molecule has 0 saturated heterocycles. The molecule has 1 aliphatic carbocycles. The van der Waals surface area contributed by atoms with Gasteiger partial charge in [0.2, 0.25) is 5.91 Å². The van der Waals surface area contributed by atoms with Crippen molar-refractivity contribution < 1.29 is 18.7 Å². The third kappa shape index (κ3) is 2.89. The van der Waals surface area contributed by atoms with E-state index in [0.29, 0.717) is 12.8 Å². The second-order valence-corrected chi connectivity index (χ2v) is 4.30. The van der Waals surface area contributed by atoms with E-state index >= 15 is 0 Å². The summed E-state index contributed by atoms with van der Waals surface area (Å²) in [6.07, 6.45) is -1.39. The molecule has 1 fully saturated rings. The molecule has 4 nitrogen and oxygen atoms in total. The summed E-state index contributed by atoms with van der Waals surface area (Å²) in [7, 11) is 0. The average Bonchev–Trinajstić information content (AvgIpc) is 2.74. The van der Waals surface area contributed by atoms with E-state index in [0.717, 1.165) is 12.8 Å². The van der Waals surface area contributed by atoms with Crippen LogP contribution in [0.25, 0.3) is 0 Å². The molecule has 1 atom stereocenters. The molecule has 6 heteroatoms. The topological polar surface area (TPSA) is 75.4 Å². The minimum Gasteiger partial charge on any atom is -0.385 e. The van der Waals surface area contributed by atoms with Gasteiger partial charge < -0.3 is 16.2 Å². The maximum absolute atomic E-state index is 12.0. The summed E-state index contributed by atoms with van der Waals surface area (Å²) in [5.41, 5.74) is 4.96. The first kappa shape index (κ1) is 13.3. The maximum atomic E-state index is 12.0. The lowest BCUT2D eigenvalue weighted by molar-refractivity contribution is -0.131. The van der Waals surface area contributed by atoms with Gasteiger partial charge in [-0.1, -0.05) is 12.8 Å². The third-order valence-corrected chi connectivity index (χ3v) is 3.20. The summed E-state index contributed by atoms with van der Waals surface area (Å²) < 4.78 is 24.0. The summed E-state index contributed by atoms with van der Waals surface area (Å²) in [4.78, 5) is 11.8. The molecule has 16 heavy (non-hydrogen) atoms. The lowest BCUT2D eigenvalue weighted by Crippen LogP contribution is -2.47. The van der Waals surface area contributed by atoms with E-state index in [1.165, 1.54) is 0 Å². The van der Waals surface area contributed by atoms with Crippen LogP contribution >= 0.6 is 0 Å². The summed E-state index contributed by atoms with van der Waals surface area (Å²) in [6, 6.07) is 0. The number of aliphatic hydroxyl groups is 1. The van der Waals surface area contributed by atoms with Crippen molar-refractivity contribution in [2.45, 2.75) is 38.2 Å². The SMILES string of the molecule is NCC1(C(=O)NCC(O)C(F)F)CCCC1. The van der Waals surface area contributed by atoms with Gasteiger partial charge in [-0.3, -0.25) is 4.79 Å². The Hall–Kier alpha value is -0.750. The fraction of sp³-hybridized carbons (Fsp3) is 0.900. The van der Waals surface area contributed by atoms with Gasteiger partial charge in [0.15, 0.2) is 0 Å². The highest BCUT2D eigenvalue weighted by atomic mass is 19.3. The molecule has 1 amide bonds. The lowest BCUT2D eigenvalue weighted by atomic mass is 9.85. The molecule has 1 unspecified atom stereocenters. The molecular formula is C10H18F2N2O2. The Kier molecular flexibility index (Phi) is 4.61. The van der Waals surface area contributed by atoms with Gasteiger partial charge in [-0.25, -0.2) is 8.78 Å². The number of carbonyl (C=O) groups is 1. The number of hydrogen-bond donors (Lipinski definition) is 3. The predicted molar refractivity (Wildman–Crippen MR) is 55.0 cm³/mol. The zero-order valence-electron chi connectivity index (χ0n) is 9.09. The molecule has 0 radical (unpaired) electrons. The molecule has 0 aromatic rings. The van der Waals surface area contributed by atoms with Gasteiger partial charge in [0.1, 0.15) is 6.10 Å². The van der Waals surface area contributed by atoms with Crippen molar-refractivity contribution >= 4 is 5.91 Å². The number of alkyl halides is 2. The Balaban J connectivity index is 2.45. The van der Waals surface area contributed by atoms with Crippen molar-refractivity contribution in [2.75, 3.05) is 13.1 Å². The quantitative estimate of drug-likeness (QED) is 0.640. The molecule has 0 bridgehead atoms. The molecule has 1 saturated carbocycles. The standard InChI is InChI=1S/C10H18F2N2O2/c11-8(12)7(15)5-14-9(16)10(6-13)3-1-2-4-10/h7-8,15H,1-6,13H2,(H,14,16). The molecule has 0 aromatic carbocycles. The van der Waals surface area contributed by atoms with E-state index in [2.05, 4.69) is 5.32 Å². The van der Waals surface area contributed by atoms with Crippen LogP contribution in [0.4, 0.5) is 8.78 Å². The van der Waals surface area contributed by atoms with Crippen molar-refractivity contribution in [3.63, 3.8) is 0 Å². The number of aliphatic hydroxyl groups excluding tert-OH is 1. The second kappa shape index (κ2) is 5.54. The van der Waals surface area contributed by atoms with Gasteiger partial charge in [0, 0.05) is 13.1 Å². The van der Waals surface area contributed by atoms with Crippen LogP contribution in [0.2, 0.25) is 0 Å². The minimum atomic E-state index is -2.84. The van der Waals surface area contributed by atoms with Gasteiger partial charge in [-0.15, -0.1) is 0 Å². The number of amides is 1. The van der Waals surface area contributed by atoms with Crippen molar-refractivity contribution in [1.29, 1.82) is 0 Å². The zero-order chi connectivity index (χ0) is 12.2. The van der Waals surface area contributed by atoms with E-state index in [-0.39, 0.29) is 12.5 Å². The van der Waals surface area contributed by atoms with Crippen LogP contribution in [0.15, 0.2) is 0 Å². The van der Waals surface area contributed by atoms with Crippen LogP contribution < -0.4 is 11.1 Å². The van der Waals surface area contributed by atoms with Gasteiger partial charge in [-0.2, -0.15) is 0 Å². The van der Waals surface area contributed by atoms with Crippen LogP contribution in [0.5, 0.6) is 0 Å². The normalized spacial score (nSPS) is 21.1. The summed E-state index contributed by atoms with van der Waals surface area (Å²) in [5, 5.41) is 11.2. The highest BCUT2D eigenvalue weighted by Crippen LogP contribution is 2.37. The van der Waals surface area contributed by atoms with Gasteiger partial charge in [0.25, 0.3) is 6.43 Å². The van der Waals surface area contributed by atoms with Crippen LogP contribution in [0, 0.1) is 5.41 Å².